The molecule has 2 aliphatic heterocycles. The molecule has 0 aliphatic carbocycles. The van der Waals surface area contributed by atoms with Crippen molar-refractivity contribution in [3.8, 4) is 5.75 Å². The summed E-state index contributed by atoms with van der Waals surface area (Å²) in [7, 11) is 1.59. The molecule has 0 unspecified atom stereocenters. The summed E-state index contributed by atoms with van der Waals surface area (Å²) in [6.07, 6.45) is 0.258. The Morgan fingerprint density at radius 2 is 2.07 bits per heavy atom. The number of benzene rings is 1. The Morgan fingerprint density at radius 3 is 2.74 bits per heavy atom. The van der Waals surface area contributed by atoms with Crippen LogP contribution < -0.4 is 10.1 Å². The van der Waals surface area contributed by atoms with Gasteiger partial charge in [0.1, 0.15) is 11.8 Å². The highest BCUT2D eigenvalue weighted by Gasteiger charge is 2.53. The highest BCUT2D eigenvalue weighted by Crippen LogP contribution is 2.47. The summed E-state index contributed by atoms with van der Waals surface area (Å²) < 4.78 is 10.4. The first-order valence-corrected chi connectivity index (χ1v) is 9.90. The molecule has 8 heteroatoms. The molecular weight excluding hydrogens is 368 g/mol. The van der Waals surface area contributed by atoms with E-state index in [1.54, 1.807) is 23.8 Å². The van der Waals surface area contributed by atoms with Gasteiger partial charge in [-0.05, 0) is 38.0 Å². The number of thioether (sulfide) groups is 1. The molecule has 146 valence electrons. The van der Waals surface area contributed by atoms with E-state index in [1.807, 2.05) is 31.2 Å². The number of amides is 2. The summed E-state index contributed by atoms with van der Waals surface area (Å²) >= 11 is 1.59. The largest absolute Gasteiger partial charge is 0.497 e. The van der Waals surface area contributed by atoms with Crippen LogP contribution in [0.1, 0.15) is 32.3 Å². The zero-order valence-corrected chi connectivity index (χ0v) is 16.5. The SMILES string of the molecule is COc1ccc(CNC(=O)[C@@H](C)OC(=O)[C@H]2CS[C@@]3(C)CCC(=O)N23)cc1. The molecule has 3 atom stereocenters. The van der Waals surface area contributed by atoms with E-state index in [4.69, 9.17) is 9.47 Å². The summed E-state index contributed by atoms with van der Waals surface area (Å²) in [5.74, 6) is 0.321. The second-order valence-electron chi connectivity index (χ2n) is 6.91. The van der Waals surface area contributed by atoms with Crippen LogP contribution in [0.3, 0.4) is 0 Å². The lowest BCUT2D eigenvalue weighted by Crippen LogP contribution is -2.48. The minimum absolute atomic E-state index is 0.0268. The maximum Gasteiger partial charge on any atom is 0.330 e. The topological polar surface area (TPSA) is 84.9 Å². The Kier molecular flexibility index (Phi) is 5.64. The van der Waals surface area contributed by atoms with Crippen molar-refractivity contribution in [2.45, 2.75) is 50.3 Å². The van der Waals surface area contributed by atoms with Crippen molar-refractivity contribution in [3.63, 3.8) is 0 Å². The second kappa shape index (κ2) is 7.80. The number of esters is 1. The molecule has 2 fully saturated rings. The summed E-state index contributed by atoms with van der Waals surface area (Å²) in [4.78, 5) is 38.2. The first-order chi connectivity index (χ1) is 12.8. The summed E-state index contributed by atoms with van der Waals surface area (Å²) in [5, 5.41) is 2.75. The Morgan fingerprint density at radius 1 is 1.37 bits per heavy atom. The first-order valence-electron chi connectivity index (χ1n) is 8.91. The molecule has 0 saturated carbocycles. The van der Waals surface area contributed by atoms with Crippen LogP contribution in [0.15, 0.2) is 24.3 Å². The Balaban J connectivity index is 1.51. The average molecular weight is 392 g/mol. The molecule has 1 N–H and O–H groups in total. The first kappa shape index (κ1) is 19.5. The second-order valence-corrected chi connectivity index (χ2v) is 8.41. The summed E-state index contributed by atoms with van der Waals surface area (Å²) in [6, 6.07) is 6.71. The van der Waals surface area contributed by atoms with E-state index in [-0.39, 0.29) is 16.7 Å². The molecule has 2 aliphatic rings. The third-order valence-electron chi connectivity index (χ3n) is 5.00. The molecule has 2 heterocycles. The molecule has 0 radical (unpaired) electrons. The van der Waals surface area contributed by atoms with Gasteiger partial charge in [0.15, 0.2) is 6.10 Å². The van der Waals surface area contributed by atoms with Gasteiger partial charge < -0.3 is 19.7 Å². The fourth-order valence-electron chi connectivity index (χ4n) is 3.38. The number of carbonyl (C=O) groups excluding carboxylic acids is 3. The van der Waals surface area contributed by atoms with Gasteiger partial charge in [0.25, 0.3) is 5.91 Å². The van der Waals surface area contributed by atoms with E-state index in [1.165, 1.54) is 6.92 Å². The average Bonchev–Trinajstić information content (AvgIpc) is 3.16. The van der Waals surface area contributed by atoms with E-state index in [2.05, 4.69) is 5.32 Å². The Bertz CT molecular complexity index is 738. The van der Waals surface area contributed by atoms with Gasteiger partial charge in [-0.15, -0.1) is 11.8 Å². The van der Waals surface area contributed by atoms with Crippen LogP contribution >= 0.6 is 11.8 Å². The lowest BCUT2D eigenvalue weighted by atomic mass is 10.2. The minimum atomic E-state index is -0.926. The lowest BCUT2D eigenvalue weighted by Gasteiger charge is -2.29. The zero-order chi connectivity index (χ0) is 19.6. The third-order valence-corrected chi connectivity index (χ3v) is 6.51. The maximum absolute atomic E-state index is 12.5. The molecule has 3 rings (SSSR count). The number of methoxy groups -OCH3 is 1. The van der Waals surface area contributed by atoms with Crippen LogP contribution in [-0.2, 0) is 25.7 Å². The number of carbonyl (C=O) groups is 3. The molecule has 0 aromatic heterocycles. The highest BCUT2D eigenvalue weighted by atomic mass is 32.2. The number of nitrogens with zero attached hydrogens (tertiary/aromatic N) is 1. The number of fused-ring (bicyclic) bond motifs is 1. The smallest absolute Gasteiger partial charge is 0.330 e. The molecule has 27 heavy (non-hydrogen) atoms. The molecule has 1 aromatic rings. The van der Waals surface area contributed by atoms with Gasteiger partial charge in [0, 0.05) is 18.7 Å². The van der Waals surface area contributed by atoms with Crippen molar-refractivity contribution in [2.75, 3.05) is 12.9 Å². The van der Waals surface area contributed by atoms with Crippen LogP contribution in [0.25, 0.3) is 0 Å². The van der Waals surface area contributed by atoms with Gasteiger partial charge in [-0.3, -0.25) is 9.59 Å². The van der Waals surface area contributed by atoms with Crippen LogP contribution in [-0.4, -0.2) is 52.6 Å². The normalized spacial score (nSPS) is 25.1. The van der Waals surface area contributed by atoms with E-state index in [0.29, 0.717) is 18.7 Å². The predicted molar refractivity (Wildman–Crippen MR) is 101 cm³/mol. The molecule has 7 nitrogen and oxygen atoms in total. The van der Waals surface area contributed by atoms with Gasteiger partial charge in [0.2, 0.25) is 5.91 Å². The van der Waals surface area contributed by atoms with Gasteiger partial charge in [-0.1, -0.05) is 12.1 Å². The van der Waals surface area contributed by atoms with Crippen molar-refractivity contribution in [3.05, 3.63) is 29.8 Å². The van der Waals surface area contributed by atoms with Gasteiger partial charge in [-0.2, -0.15) is 0 Å². The zero-order valence-electron chi connectivity index (χ0n) is 15.7. The molecule has 0 spiro atoms. The van der Waals surface area contributed by atoms with Crippen LogP contribution in [0.5, 0.6) is 5.75 Å². The number of rotatable bonds is 6. The summed E-state index contributed by atoms with van der Waals surface area (Å²) in [6.45, 7) is 3.84. The monoisotopic (exact) mass is 392 g/mol. The summed E-state index contributed by atoms with van der Waals surface area (Å²) in [5.41, 5.74) is 0.910. The number of ether oxygens (including phenoxy) is 2. The van der Waals surface area contributed by atoms with Gasteiger partial charge in [0.05, 0.1) is 12.0 Å². The van der Waals surface area contributed by atoms with Crippen LogP contribution in [0, 0.1) is 0 Å². The van der Waals surface area contributed by atoms with Crippen molar-refractivity contribution in [1.82, 2.24) is 10.2 Å². The van der Waals surface area contributed by atoms with E-state index in [0.717, 1.165) is 17.7 Å². The van der Waals surface area contributed by atoms with E-state index >= 15 is 0 Å². The quantitative estimate of drug-likeness (QED) is 0.742. The molecule has 2 saturated heterocycles. The van der Waals surface area contributed by atoms with Crippen molar-refractivity contribution >= 4 is 29.5 Å². The van der Waals surface area contributed by atoms with Crippen molar-refractivity contribution < 1.29 is 23.9 Å². The highest BCUT2D eigenvalue weighted by molar-refractivity contribution is 8.01. The van der Waals surface area contributed by atoms with Crippen LogP contribution in [0.2, 0.25) is 0 Å². The third kappa shape index (κ3) is 4.05. The molecular formula is C19H24N2O5S. The number of nitrogens with one attached hydrogen (secondary N) is 1. The predicted octanol–water partition coefficient (Wildman–Crippen LogP) is 1.70. The van der Waals surface area contributed by atoms with Crippen molar-refractivity contribution in [1.29, 1.82) is 0 Å². The fraction of sp³-hybridized carbons (Fsp3) is 0.526. The maximum atomic E-state index is 12.5. The van der Waals surface area contributed by atoms with E-state index < -0.39 is 18.1 Å². The van der Waals surface area contributed by atoms with Crippen molar-refractivity contribution in [2.24, 2.45) is 0 Å². The Labute approximate surface area is 162 Å². The Hall–Kier alpha value is -2.22. The standard InChI is InChI=1S/C19H24N2O5S/c1-12(17(23)20-10-13-4-6-14(25-3)7-5-13)26-18(24)15-11-27-19(2)9-8-16(22)21(15)19/h4-7,12,15H,8-11H2,1-3H3,(H,20,23)/t12-,15-,19+/m1/s1. The molecule has 0 bridgehead atoms. The van der Waals surface area contributed by atoms with E-state index in [9.17, 15) is 14.4 Å². The fourth-order valence-corrected chi connectivity index (χ4v) is 4.79. The lowest BCUT2D eigenvalue weighted by molar-refractivity contribution is -0.161. The molecule has 2 amide bonds. The van der Waals surface area contributed by atoms with Crippen LogP contribution in [0.4, 0.5) is 0 Å². The van der Waals surface area contributed by atoms with Gasteiger partial charge >= 0.3 is 5.97 Å². The molecule has 1 aromatic carbocycles. The number of hydrogen-bond acceptors (Lipinski definition) is 6. The van der Waals surface area contributed by atoms with Gasteiger partial charge in [-0.25, -0.2) is 4.79 Å². The number of hydrogen-bond donors (Lipinski definition) is 1. The minimum Gasteiger partial charge on any atom is -0.497 e.